The average Bonchev–Trinajstić information content (AvgIpc) is 3.06. The van der Waals surface area contributed by atoms with Gasteiger partial charge >= 0.3 is 0 Å². The Bertz CT molecular complexity index is 1490. The number of nitro benzene ring substituents is 1. The number of fused-ring (bicyclic) bond motifs is 1. The molecule has 0 saturated carbocycles. The molecule has 0 aliphatic carbocycles. The van der Waals surface area contributed by atoms with Crippen LogP contribution in [0.1, 0.15) is 33.9 Å². The van der Waals surface area contributed by atoms with Gasteiger partial charge in [0.2, 0.25) is 0 Å². The Labute approximate surface area is 221 Å². The zero-order chi connectivity index (χ0) is 25.2. The summed E-state index contributed by atoms with van der Waals surface area (Å²) in [6.45, 7) is 0. The maximum Gasteiger partial charge on any atom is 0.288 e. The summed E-state index contributed by atoms with van der Waals surface area (Å²) in [6, 6.07) is 28.8. The molecule has 1 atom stereocenters. The highest BCUT2D eigenvalue weighted by Gasteiger charge is 2.33. The quantitative estimate of drug-likeness (QED) is 0.188. The summed E-state index contributed by atoms with van der Waals surface area (Å²) in [5.74, 6) is -0.372. The van der Waals surface area contributed by atoms with Gasteiger partial charge in [0.15, 0.2) is 0 Å². The average molecular weight is 561 g/mol. The van der Waals surface area contributed by atoms with E-state index < -0.39 is 11.0 Å². The van der Waals surface area contributed by atoms with Crippen molar-refractivity contribution in [1.29, 1.82) is 0 Å². The van der Waals surface area contributed by atoms with Gasteiger partial charge < -0.3 is 0 Å². The van der Waals surface area contributed by atoms with Gasteiger partial charge in [0.25, 0.3) is 11.6 Å². The lowest BCUT2D eigenvalue weighted by Gasteiger charge is -2.32. The first-order chi connectivity index (χ1) is 17.4. The van der Waals surface area contributed by atoms with E-state index in [2.05, 4.69) is 15.9 Å². The predicted octanol–water partition coefficient (Wildman–Crippen LogP) is 7.92. The molecule has 4 aromatic rings. The molecule has 1 heterocycles. The van der Waals surface area contributed by atoms with Crippen LogP contribution in [0, 0.1) is 10.1 Å². The maximum atomic E-state index is 14.1. The Morgan fingerprint density at radius 1 is 0.972 bits per heavy atom. The van der Waals surface area contributed by atoms with Gasteiger partial charge in [-0.25, -0.2) is 0 Å². The first-order valence-electron chi connectivity index (χ1n) is 11.2. The largest absolute Gasteiger partial charge is 0.298 e. The highest BCUT2D eigenvalue weighted by Crippen LogP contribution is 2.42. The van der Waals surface area contributed by atoms with E-state index in [0.29, 0.717) is 17.8 Å². The molecule has 1 amide bonds. The molecule has 178 valence electrons. The van der Waals surface area contributed by atoms with Gasteiger partial charge in [0.05, 0.1) is 28.1 Å². The van der Waals surface area contributed by atoms with Crippen molar-refractivity contribution in [2.45, 2.75) is 12.5 Å². The summed E-state index contributed by atoms with van der Waals surface area (Å²) in [4.78, 5) is 31.7. The Morgan fingerprint density at radius 3 is 2.39 bits per heavy atom. The summed E-state index contributed by atoms with van der Waals surface area (Å²) < 4.78 is 0.960. The summed E-state index contributed by atoms with van der Waals surface area (Å²) in [5, 5.41) is 11.5. The molecule has 1 aliphatic heterocycles. The highest BCUT2D eigenvalue weighted by atomic mass is 79.9. The van der Waals surface area contributed by atoms with Crippen molar-refractivity contribution in [2.75, 3.05) is 4.90 Å². The number of nitro groups is 1. The highest BCUT2D eigenvalue weighted by molar-refractivity contribution is 9.10. The molecule has 5 rings (SSSR count). The lowest BCUT2D eigenvalue weighted by molar-refractivity contribution is -0.384. The number of aliphatic imine (C=N–C) groups is 1. The number of para-hydroxylation sites is 2. The van der Waals surface area contributed by atoms with Crippen molar-refractivity contribution in [3.05, 3.63) is 133 Å². The second-order valence-corrected chi connectivity index (χ2v) is 9.61. The second kappa shape index (κ2) is 10.0. The van der Waals surface area contributed by atoms with Crippen LogP contribution in [0.2, 0.25) is 5.02 Å². The van der Waals surface area contributed by atoms with Crippen molar-refractivity contribution < 1.29 is 9.72 Å². The molecule has 6 nitrogen and oxygen atoms in total. The molecule has 8 heteroatoms. The van der Waals surface area contributed by atoms with Crippen LogP contribution in [0.5, 0.6) is 0 Å². The monoisotopic (exact) mass is 559 g/mol. The normalized spacial score (nSPS) is 15.0. The van der Waals surface area contributed by atoms with Gasteiger partial charge in [0.1, 0.15) is 5.02 Å². The van der Waals surface area contributed by atoms with Gasteiger partial charge in [-0.05, 0) is 47.5 Å². The van der Waals surface area contributed by atoms with Crippen LogP contribution in [0.3, 0.4) is 0 Å². The number of hydrogen-bond acceptors (Lipinski definition) is 4. The molecular weight excluding hydrogens is 542 g/mol. The third-order valence-corrected chi connectivity index (χ3v) is 6.91. The Kier molecular flexibility index (Phi) is 6.67. The van der Waals surface area contributed by atoms with Crippen molar-refractivity contribution >= 4 is 56.2 Å². The molecule has 4 aromatic carbocycles. The number of nitrogens with zero attached hydrogens (tertiary/aromatic N) is 3. The fourth-order valence-corrected chi connectivity index (χ4v) is 4.79. The zero-order valence-electron chi connectivity index (χ0n) is 18.8. The van der Waals surface area contributed by atoms with Crippen LogP contribution in [-0.4, -0.2) is 16.5 Å². The molecule has 0 N–H and O–H groups in total. The molecular formula is C28H19BrClN3O3. The smallest absolute Gasteiger partial charge is 0.288 e. The topological polar surface area (TPSA) is 75.8 Å². The lowest BCUT2D eigenvalue weighted by atomic mass is 9.95. The fraction of sp³-hybridized carbons (Fsp3) is 0.0714. The summed E-state index contributed by atoms with van der Waals surface area (Å²) in [6.07, 6.45) is 0.446. The molecule has 0 bridgehead atoms. The van der Waals surface area contributed by atoms with Gasteiger partial charge in [0, 0.05) is 22.5 Å². The molecule has 0 spiro atoms. The van der Waals surface area contributed by atoms with Crippen LogP contribution < -0.4 is 4.90 Å². The van der Waals surface area contributed by atoms with Crippen LogP contribution in [-0.2, 0) is 0 Å². The summed E-state index contributed by atoms with van der Waals surface area (Å²) >= 11 is 9.51. The predicted molar refractivity (Wildman–Crippen MR) is 145 cm³/mol. The fourth-order valence-electron chi connectivity index (χ4n) is 4.34. The minimum absolute atomic E-state index is 0.0201. The number of hydrogen-bond donors (Lipinski definition) is 0. The van der Waals surface area contributed by atoms with E-state index in [1.807, 2.05) is 78.9 Å². The van der Waals surface area contributed by atoms with Crippen molar-refractivity contribution in [3.63, 3.8) is 0 Å². The first-order valence-corrected chi connectivity index (χ1v) is 12.3. The molecule has 0 fully saturated rings. The van der Waals surface area contributed by atoms with E-state index in [9.17, 15) is 14.9 Å². The summed E-state index contributed by atoms with van der Waals surface area (Å²) in [7, 11) is 0. The number of rotatable bonds is 4. The molecule has 1 aliphatic rings. The molecule has 36 heavy (non-hydrogen) atoms. The van der Waals surface area contributed by atoms with Crippen LogP contribution >= 0.6 is 27.5 Å². The third-order valence-electron chi connectivity index (χ3n) is 6.07. The van der Waals surface area contributed by atoms with Gasteiger partial charge in [-0.2, -0.15) is 0 Å². The Hall–Kier alpha value is -3.81. The van der Waals surface area contributed by atoms with Crippen molar-refractivity contribution in [1.82, 2.24) is 0 Å². The number of anilines is 1. The molecule has 0 unspecified atom stereocenters. The van der Waals surface area contributed by atoms with Gasteiger partial charge in [-0.1, -0.05) is 82.1 Å². The number of benzene rings is 4. The molecule has 0 saturated heterocycles. The van der Waals surface area contributed by atoms with Crippen LogP contribution in [0.15, 0.2) is 107 Å². The standard InChI is InChI=1S/C28H19BrClN3O3/c29-21-13-10-18(11-14-21)24-17-26(19-6-2-1-3-7-19)32(25-9-5-4-8-23(25)31-24)28(34)20-12-15-22(30)27(16-20)33(35)36/h1-16,26H,17H2/t26-/m0/s1. The van der Waals surface area contributed by atoms with Crippen molar-refractivity contribution in [3.8, 4) is 0 Å². The minimum atomic E-state index is -0.584. The minimum Gasteiger partial charge on any atom is -0.298 e. The van der Waals surface area contributed by atoms with Crippen molar-refractivity contribution in [2.24, 2.45) is 4.99 Å². The van der Waals surface area contributed by atoms with Crippen LogP contribution in [0.25, 0.3) is 0 Å². The first kappa shape index (κ1) is 23.9. The zero-order valence-corrected chi connectivity index (χ0v) is 21.2. The maximum absolute atomic E-state index is 14.1. The van der Waals surface area contributed by atoms with Gasteiger partial charge in [-0.3, -0.25) is 24.8 Å². The lowest BCUT2D eigenvalue weighted by Crippen LogP contribution is -2.35. The van der Waals surface area contributed by atoms with E-state index >= 15 is 0 Å². The molecule has 0 radical (unpaired) electrons. The third kappa shape index (κ3) is 4.67. The number of amides is 1. The van der Waals surface area contributed by atoms with E-state index in [0.717, 1.165) is 21.3 Å². The Morgan fingerprint density at radius 2 is 1.67 bits per heavy atom. The van der Waals surface area contributed by atoms with E-state index in [-0.39, 0.29) is 22.2 Å². The molecule has 0 aromatic heterocycles. The van der Waals surface area contributed by atoms with Gasteiger partial charge in [-0.15, -0.1) is 0 Å². The second-order valence-electron chi connectivity index (χ2n) is 8.28. The van der Waals surface area contributed by atoms with E-state index in [4.69, 9.17) is 16.6 Å². The van der Waals surface area contributed by atoms with E-state index in [1.54, 1.807) is 4.90 Å². The van der Waals surface area contributed by atoms with E-state index in [1.165, 1.54) is 18.2 Å². The van der Waals surface area contributed by atoms with Crippen LogP contribution in [0.4, 0.5) is 17.1 Å². The number of carbonyl (C=O) groups excluding carboxylic acids is 1. The number of carbonyl (C=O) groups is 1. The number of halogens is 2. The SMILES string of the molecule is O=C(c1ccc(Cl)c([N+](=O)[O-])c1)N1c2ccccc2N=C(c2ccc(Br)cc2)C[C@H]1c1ccccc1. The summed E-state index contributed by atoms with van der Waals surface area (Å²) in [5.41, 5.74) is 3.84. The Balaban J connectivity index is 1.69.